The number of nitrogens with zero attached hydrogens (tertiary/aromatic N) is 3. The van der Waals surface area contributed by atoms with Gasteiger partial charge in [0.25, 0.3) is 5.91 Å². The third-order valence-electron chi connectivity index (χ3n) is 3.70. The van der Waals surface area contributed by atoms with Gasteiger partial charge >= 0.3 is 0 Å². The van der Waals surface area contributed by atoms with Gasteiger partial charge in [0.1, 0.15) is 11.6 Å². The van der Waals surface area contributed by atoms with E-state index in [1.54, 1.807) is 32.0 Å². The summed E-state index contributed by atoms with van der Waals surface area (Å²) >= 11 is 3.23. The average molecular weight is 477 g/mol. The van der Waals surface area contributed by atoms with E-state index in [9.17, 15) is 15.2 Å². The van der Waals surface area contributed by atoms with Crippen molar-refractivity contribution in [1.82, 2.24) is 10.4 Å². The van der Waals surface area contributed by atoms with E-state index in [-0.39, 0.29) is 30.4 Å². The largest absolute Gasteiger partial charge is 0.503 e. The van der Waals surface area contributed by atoms with Crippen LogP contribution in [-0.2, 0) is 16.1 Å². The highest BCUT2D eigenvalue weighted by Gasteiger charge is 2.14. The second kappa shape index (κ2) is 11.1. The quantitative estimate of drug-likeness (QED) is 0.420. The number of aromatic hydroxyl groups is 1. The summed E-state index contributed by atoms with van der Waals surface area (Å²) in [4.78, 5) is 16.2. The molecule has 1 aromatic carbocycles. The molecule has 0 aliphatic rings. The second-order valence-electron chi connectivity index (χ2n) is 6.01. The Balaban J connectivity index is 2.02. The number of halogens is 1. The maximum Gasteiger partial charge on any atom is 0.278 e. The Morgan fingerprint density at radius 3 is 2.83 bits per heavy atom. The standard InChI is InChI=1S/C20H21BrN4O5/c1-4-29-17-7-13(6-16(21)19(17)27)9-23-25-18(26)11-30-20-15(8-22)14(10-28-3)5-12(2)24-20/h5-7,9,27H,4,10-11H2,1-3H3,(H,25,26)/b23-9+. The first-order valence-corrected chi connectivity index (χ1v) is 9.68. The summed E-state index contributed by atoms with van der Waals surface area (Å²) in [5, 5.41) is 23.2. The molecule has 30 heavy (non-hydrogen) atoms. The Morgan fingerprint density at radius 1 is 1.40 bits per heavy atom. The molecule has 0 fully saturated rings. The molecule has 0 saturated heterocycles. The molecule has 0 aliphatic carbocycles. The molecule has 2 aromatic rings. The lowest BCUT2D eigenvalue weighted by molar-refractivity contribution is -0.123. The summed E-state index contributed by atoms with van der Waals surface area (Å²) in [6, 6.07) is 6.96. The highest BCUT2D eigenvalue weighted by molar-refractivity contribution is 9.10. The van der Waals surface area contributed by atoms with E-state index >= 15 is 0 Å². The first-order valence-electron chi connectivity index (χ1n) is 8.89. The summed E-state index contributed by atoms with van der Waals surface area (Å²) in [6.45, 7) is 3.79. The van der Waals surface area contributed by atoms with E-state index in [4.69, 9.17) is 14.2 Å². The van der Waals surface area contributed by atoms with Crippen LogP contribution in [0.2, 0.25) is 0 Å². The van der Waals surface area contributed by atoms with Gasteiger partial charge in [-0.25, -0.2) is 10.4 Å². The molecular formula is C20H21BrN4O5. The van der Waals surface area contributed by atoms with Crippen LogP contribution in [0.25, 0.3) is 0 Å². The van der Waals surface area contributed by atoms with Crippen molar-refractivity contribution in [2.24, 2.45) is 5.10 Å². The van der Waals surface area contributed by atoms with Crippen molar-refractivity contribution < 1.29 is 24.1 Å². The molecule has 0 bridgehead atoms. The van der Waals surface area contributed by atoms with Crippen LogP contribution in [0.15, 0.2) is 27.8 Å². The molecule has 0 saturated carbocycles. The van der Waals surface area contributed by atoms with Gasteiger partial charge in [0.05, 0.1) is 23.9 Å². The number of hydrogen-bond acceptors (Lipinski definition) is 8. The number of hydrazone groups is 1. The number of aryl methyl sites for hydroxylation is 1. The molecule has 0 spiro atoms. The lowest BCUT2D eigenvalue weighted by Crippen LogP contribution is -2.25. The number of pyridine rings is 1. The number of nitriles is 1. The van der Waals surface area contributed by atoms with Crippen LogP contribution in [0.5, 0.6) is 17.4 Å². The highest BCUT2D eigenvalue weighted by atomic mass is 79.9. The minimum atomic E-state index is -0.533. The summed E-state index contributed by atoms with van der Waals surface area (Å²) in [5.41, 5.74) is 4.41. The van der Waals surface area contributed by atoms with Gasteiger partial charge in [-0.3, -0.25) is 4.79 Å². The third-order valence-corrected chi connectivity index (χ3v) is 4.31. The number of amides is 1. The molecule has 0 unspecified atom stereocenters. The Morgan fingerprint density at radius 2 is 2.17 bits per heavy atom. The van der Waals surface area contributed by atoms with Crippen molar-refractivity contribution >= 4 is 28.1 Å². The zero-order valence-electron chi connectivity index (χ0n) is 16.7. The van der Waals surface area contributed by atoms with E-state index in [2.05, 4.69) is 31.4 Å². The number of nitrogens with one attached hydrogen (secondary N) is 1. The predicted molar refractivity (Wildman–Crippen MR) is 113 cm³/mol. The van der Waals surface area contributed by atoms with Gasteiger partial charge in [-0.05, 0) is 53.5 Å². The molecule has 1 aromatic heterocycles. The Kier molecular flexibility index (Phi) is 8.58. The monoisotopic (exact) mass is 476 g/mol. The van der Waals surface area contributed by atoms with Crippen LogP contribution >= 0.6 is 15.9 Å². The van der Waals surface area contributed by atoms with Gasteiger partial charge in [-0.15, -0.1) is 0 Å². The van der Waals surface area contributed by atoms with Crippen LogP contribution in [-0.4, -0.2) is 42.5 Å². The zero-order valence-corrected chi connectivity index (χ0v) is 18.3. The number of methoxy groups -OCH3 is 1. The van der Waals surface area contributed by atoms with Crippen molar-refractivity contribution in [2.75, 3.05) is 20.3 Å². The van der Waals surface area contributed by atoms with Crippen molar-refractivity contribution in [3.8, 4) is 23.4 Å². The molecule has 1 heterocycles. The Bertz CT molecular complexity index is 988. The minimum absolute atomic E-state index is 0.0155. The van der Waals surface area contributed by atoms with E-state index in [1.807, 2.05) is 6.07 Å². The Labute approximate surface area is 182 Å². The first kappa shape index (κ1) is 23.1. The van der Waals surface area contributed by atoms with Gasteiger partial charge < -0.3 is 19.3 Å². The van der Waals surface area contributed by atoms with Crippen molar-refractivity contribution in [1.29, 1.82) is 5.26 Å². The lowest BCUT2D eigenvalue weighted by Gasteiger charge is -2.10. The topological polar surface area (TPSA) is 126 Å². The Hall–Kier alpha value is -3.16. The fraction of sp³-hybridized carbons (Fsp3) is 0.300. The molecular weight excluding hydrogens is 456 g/mol. The molecule has 10 heteroatoms. The number of hydrogen-bond donors (Lipinski definition) is 2. The zero-order chi connectivity index (χ0) is 22.1. The first-order chi connectivity index (χ1) is 14.4. The number of phenolic OH excluding ortho intramolecular Hbond substituents is 1. The fourth-order valence-corrected chi connectivity index (χ4v) is 2.94. The number of rotatable bonds is 9. The van der Waals surface area contributed by atoms with Gasteiger partial charge in [0.2, 0.25) is 5.88 Å². The predicted octanol–water partition coefficient (Wildman–Crippen LogP) is 2.80. The number of carbonyl (C=O) groups is 1. The maximum absolute atomic E-state index is 12.0. The van der Waals surface area contributed by atoms with Crippen LogP contribution in [0.4, 0.5) is 0 Å². The van der Waals surface area contributed by atoms with Gasteiger partial charge in [-0.2, -0.15) is 10.4 Å². The normalized spacial score (nSPS) is 10.6. The molecule has 1 amide bonds. The van der Waals surface area contributed by atoms with E-state index in [0.29, 0.717) is 33.6 Å². The van der Waals surface area contributed by atoms with Crippen LogP contribution < -0.4 is 14.9 Å². The summed E-state index contributed by atoms with van der Waals surface area (Å²) < 4.78 is 16.3. The van der Waals surface area contributed by atoms with Crippen LogP contribution in [0.1, 0.15) is 29.3 Å². The summed E-state index contributed by atoms with van der Waals surface area (Å²) in [5.74, 6) is -0.190. The van der Waals surface area contributed by atoms with Crippen molar-refractivity contribution in [3.63, 3.8) is 0 Å². The third kappa shape index (κ3) is 6.17. The van der Waals surface area contributed by atoms with Crippen molar-refractivity contribution in [3.05, 3.63) is 45.1 Å². The van der Waals surface area contributed by atoms with Crippen LogP contribution in [0.3, 0.4) is 0 Å². The lowest BCUT2D eigenvalue weighted by atomic mass is 10.1. The summed E-state index contributed by atoms with van der Waals surface area (Å²) in [6.07, 6.45) is 1.40. The molecule has 158 valence electrons. The maximum atomic E-state index is 12.0. The highest BCUT2D eigenvalue weighted by Crippen LogP contribution is 2.35. The van der Waals surface area contributed by atoms with E-state index in [1.165, 1.54) is 13.3 Å². The molecule has 0 aliphatic heterocycles. The minimum Gasteiger partial charge on any atom is -0.503 e. The summed E-state index contributed by atoms with van der Waals surface area (Å²) in [7, 11) is 1.52. The number of carbonyl (C=O) groups excluding carboxylic acids is 1. The van der Waals surface area contributed by atoms with Gasteiger partial charge in [0.15, 0.2) is 18.1 Å². The van der Waals surface area contributed by atoms with Crippen molar-refractivity contribution in [2.45, 2.75) is 20.5 Å². The van der Waals surface area contributed by atoms with Gasteiger partial charge in [0, 0.05) is 18.4 Å². The number of phenols is 1. The molecule has 0 atom stereocenters. The molecule has 9 nitrogen and oxygen atoms in total. The molecule has 0 radical (unpaired) electrons. The number of benzene rings is 1. The van der Waals surface area contributed by atoms with Gasteiger partial charge in [-0.1, -0.05) is 0 Å². The SMILES string of the molecule is CCOc1cc(/C=N/NC(=O)COc2nc(C)cc(COC)c2C#N)cc(Br)c1O. The molecule has 2 N–H and O–H groups in total. The van der Waals surface area contributed by atoms with Crippen LogP contribution in [0, 0.1) is 18.3 Å². The second-order valence-corrected chi connectivity index (χ2v) is 6.87. The van der Waals surface area contributed by atoms with E-state index in [0.717, 1.165) is 0 Å². The average Bonchev–Trinajstić information content (AvgIpc) is 2.70. The smallest absolute Gasteiger partial charge is 0.278 e. The number of aromatic nitrogens is 1. The van der Waals surface area contributed by atoms with E-state index < -0.39 is 5.91 Å². The fourth-order valence-electron chi connectivity index (χ4n) is 2.48. The molecule has 2 rings (SSSR count). The number of ether oxygens (including phenoxy) is 3.